The molecular weight excluding hydrogens is 840 g/mol. The smallest absolute Gasteiger partial charge is 0.391 e. The maximum atomic E-state index is 12.8. The van der Waals surface area contributed by atoms with Gasteiger partial charge in [0.1, 0.15) is 13.2 Å². The van der Waals surface area contributed by atoms with E-state index in [2.05, 4.69) is 79.9 Å². The second-order valence-electron chi connectivity index (χ2n) is 19.9. The Bertz CT molecular complexity index is 1260. The van der Waals surface area contributed by atoms with Crippen molar-refractivity contribution in [2.75, 3.05) is 40.9 Å². The number of aliphatic hydroxyl groups excluding tert-OH is 1. The lowest BCUT2D eigenvalue weighted by Crippen LogP contribution is -2.46. The first-order valence-corrected chi connectivity index (χ1v) is 29.1. The lowest BCUT2D eigenvalue weighted by Gasteiger charge is -2.26. The van der Waals surface area contributed by atoms with Gasteiger partial charge in [-0.1, -0.05) is 242 Å². The molecule has 0 bridgehead atoms. The summed E-state index contributed by atoms with van der Waals surface area (Å²) in [4.78, 5) is 23.0. The SMILES string of the molecule is CC/C=C\C/C=C\C/C=C\C/C=C\C/C=C\CCCCCCCCCCCCCCCCCCCCCCCCCC(=O)NC(COP(=O)(O)OCC[N+](C)(C)C)C(O)CCCCCCC. The van der Waals surface area contributed by atoms with Crippen molar-refractivity contribution >= 4 is 13.7 Å². The summed E-state index contributed by atoms with van der Waals surface area (Å²) < 4.78 is 23.5. The van der Waals surface area contributed by atoms with E-state index in [1.165, 1.54) is 135 Å². The van der Waals surface area contributed by atoms with Gasteiger partial charge in [-0.2, -0.15) is 0 Å². The molecule has 0 radical (unpaired) electrons. The van der Waals surface area contributed by atoms with Gasteiger partial charge < -0.3 is 19.8 Å². The van der Waals surface area contributed by atoms with E-state index in [1.54, 1.807) is 0 Å². The van der Waals surface area contributed by atoms with Gasteiger partial charge in [-0.3, -0.25) is 13.8 Å². The van der Waals surface area contributed by atoms with Crippen molar-refractivity contribution in [3.8, 4) is 0 Å². The second kappa shape index (κ2) is 48.2. The maximum absolute atomic E-state index is 12.8. The van der Waals surface area contributed by atoms with Gasteiger partial charge in [0, 0.05) is 6.42 Å². The van der Waals surface area contributed by atoms with E-state index in [-0.39, 0.29) is 19.1 Å². The number of nitrogens with zero attached hydrogens (tertiary/aromatic N) is 1. The number of unbranched alkanes of at least 4 members (excludes halogenated alkanes) is 27. The Labute approximate surface area is 409 Å². The molecule has 1 amide bonds. The van der Waals surface area contributed by atoms with Crippen molar-refractivity contribution < 1.29 is 32.9 Å². The number of carbonyl (C=O) groups is 1. The van der Waals surface area contributed by atoms with Gasteiger partial charge in [0.15, 0.2) is 0 Å². The van der Waals surface area contributed by atoms with Gasteiger partial charge in [-0.05, 0) is 57.8 Å². The summed E-state index contributed by atoms with van der Waals surface area (Å²) in [7, 11) is 1.62. The predicted molar refractivity (Wildman–Crippen MR) is 286 cm³/mol. The van der Waals surface area contributed by atoms with E-state index in [4.69, 9.17) is 9.05 Å². The lowest BCUT2D eigenvalue weighted by molar-refractivity contribution is -0.870. The van der Waals surface area contributed by atoms with Crippen molar-refractivity contribution in [1.82, 2.24) is 5.32 Å². The summed E-state index contributed by atoms with van der Waals surface area (Å²) >= 11 is 0. The predicted octanol–water partition coefficient (Wildman–Crippen LogP) is 16.5. The molecule has 0 aliphatic rings. The molecule has 0 aromatic carbocycles. The number of phosphoric ester groups is 1. The molecule has 3 atom stereocenters. The van der Waals surface area contributed by atoms with Crippen LogP contribution < -0.4 is 5.32 Å². The van der Waals surface area contributed by atoms with Crippen molar-refractivity contribution in [2.24, 2.45) is 0 Å². The second-order valence-corrected chi connectivity index (χ2v) is 21.4. The monoisotopic (exact) mass is 948 g/mol. The lowest BCUT2D eigenvalue weighted by atomic mass is 10.0. The average Bonchev–Trinajstić information content (AvgIpc) is 3.27. The zero-order valence-electron chi connectivity index (χ0n) is 43.9. The van der Waals surface area contributed by atoms with Gasteiger partial charge in [0.25, 0.3) is 0 Å². The van der Waals surface area contributed by atoms with E-state index in [0.717, 1.165) is 83.5 Å². The Morgan fingerprint density at radius 1 is 0.530 bits per heavy atom. The average molecular weight is 948 g/mol. The molecule has 0 heterocycles. The van der Waals surface area contributed by atoms with E-state index in [0.29, 0.717) is 23.9 Å². The van der Waals surface area contributed by atoms with E-state index in [1.807, 2.05) is 21.1 Å². The number of likely N-dealkylation sites (N-methyl/N-ethyl adjacent to an activating group) is 1. The first-order valence-electron chi connectivity index (χ1n) is 27.7. The molecule has 3 N–H and O–H groups in total. The number of amides is 1. The quantitative estimate of drug-likeness (QED) is 0.0243. The highest BCUT2D eigenvalue weighted by molar-refractivity contribution is 7.47. The Hall–Kier alpha value is -1.80. The fourth-order valence-electron chi connectivity index (χ4n) is 7.96. The number of quaternary nitrogens is 1. The van der Waals surface area contributed by atoms with Crippen molar-refractivity contribution in [2.45, 2.75) is 257 Å². The van der Waals surface area contributed by atoms with Crippen LogP contribution in [0.2, 0.25) is 0 Å². The van der Waals surface area contributed by atoms with Crippen LogP contribution in [0.4, 0.5) is 0 Å². The van der Waals surface area contributed by atoms with Crippen LogP contribution in [0.25, 0.3) is 0 Å². The molecule has 9 heteroatoms. The summed E-state index contributed by atoms with van der Waals surface area (Å²) in [6, 6.07) is -0.755. The summed E-state index contributed by atoms with van der Waals surface area (Å²) in [6.45, 7) is 4.69. The number of rotatable bonds is 50. The fourth-order valence-corrected chi connectivity index (χ4v) is 8.69. The van der Waals surface area contributed by atoms with Gasteiger partial charge >= 0.3 is 7.82 Å². The highest BCUT2D eigenvalue weighted by atomic mass is 31.2. The molecule has 386 valence electrons. The van der Waals surface area contributed by atoms with Gasteiger partial charge in [-0.25, -0.2) is 4.57 Å². The largest absolute Gasteiger partial charge is 0.472 e. The number of hydrogen-bond acceptors (Lipinski definition) is 5. The Kier molecular flexibility index (Phi) is 46.9. The van der Waals surface area contributed by atoms with Gasteiger partial charge in [0.05, 0.1) is 39.9 Å². The van der Waals surface area contributed by atoms with Crippen LogP contribution in [0.3, 0.4) is 0 Å². The highest BCUT2D eigenvalue weighted by Gasteiger charge is 2.28. The van der Waals surface area contributed by atoms with Crippen LogP contribution in [0.15, 0.2) is 60.8 Å². The third-order valence-electron chi connectivity index (χ3n) is 12.3. The molecule has 0 aromatic heterocycles. The zero-order chi connectivity index (χ0) is 48.5. The molecule has 0 saturated carbocycles. The fraction of sp³-hybridized carbons (Fsp3) is 0.807. The molecule has 8 nitrogen and oxygen atoms in total. The third-order valence-corrected chi connectivity index (χ3v) is 13.3. The Balaban J connectivity index is 3.70. The number of carbonyl (C=O) groups excluding carboxylic acids is 1. The summed E-state index contributed by atoms with van der Waals surface area (Å²) in [5, 5.41) is 13.8. The van der Waals surface area contributed by atoms with Crippen molar-refractivity contribution in [3.63, 3.8) is 0 Å². The molecule has 0 rings (SSSR count). The first-order chi connectivity index (χ1) is 32.0. The normalized spacial score (nSPS) is 14.5. The molecule has 0 fully saturated rings. The molecule has 0 aliphatic heterocycles. The van der Waals surface area contributed by atoms with Crippen LogP contribution in [0, 0.1) is 0 Å². The molecule has 3 unspecified atom stereocenters. The third kappa shape index (κ3) is 50.1. The van der Waals surface area contributed by atoms with Crippen LogP contribution in [0.5, 0.6) is 0 Å². The summed E-state index contributed by atoms with van der Waals surface area (Å²) in [5.41, 5.74) is 0. The Morgan fingerprint density at radius 2 is 0.909 bits per heavy atom. The van der Waals surface area contributed by atoms with Crippen LogP contribution in [0.1, 0.15) is 245 Å². The van der Waals surface area contributed by atoms with Crippen LogP contribution >= 0.6 is 7.82 Å². The number of allylic oxidation sites excluding steroid dienone is 10. The van der Waals surface area contributed by atoms with E-state index in [9.17, 15) is 19.4 Å². The topological polar surface area (TPSA) is 105 Å². The molecular formula is C57H108N2O6P+. The first kappa shape index (κ1) is 64.2. The molecule has 0 aromatic rings. The standard InChI is InChI=1S/C57H107N2O6P/c1-6-8-10-12-13-14-15-16-17-18-19-20-21-22-23-24-25-26-27-28-29-30-31-32-33-34-35-36-37-38-39-40-41-42-43-44-45-47-49-51-57(61)58-55(56(60)50-48-46-11-9-7-2)54-65-66(62,63)64-53-52-59(3,4)5/h8,10,13-14,16-17,19-20,22-23,55-56,60H,6-7,9,11-12,15,18,21,24-54H2,1-5H3,(H-,58,61,62,63)/p+1/b10-8-,14-13-,17-16-,20-19-,23-22-. The minimum atomic E-state index is -4.30. The number of aliphatic hydroxyl groups is 1. The van der Waals surface area contributed by atoms with Crippen LogP contribution in [-0.2, 0) is 18.4 Å². The summed E-state index contributed by atoms with van der Waals surface area (Å²) in [5.74, 6) is -0.149. The number of nitrogens with one attached hydrogen (secondary N) is 1. The minimum absolute atomic E-state index is 0.0743. The molecule has 0 spiro atoms. The van der Waals surface area contributed by atoms with Crippen molar-refractivity contribution in [1.29, 1.82) is 0 Å². The molecule has 66 heavy (non-hydrogen) atoms. The molecule has 0 saturated heterocycles. The van der Waals surface area contributed by atoms with E-state index < -0.39 is 20.0 Å². The minimum Gasteiger partial charge on any atom is -0.391 e. The number of hydrogen-bond donors (Lipinski definition) is 3. The summed E-state index contributed by atoms with van der Waals surface area (Å²) in [6.07, 6.45) is 65.0. The Morgan fingerprint density at radius 3 is 1.33 bits per heavy atom. The molecule has 0 aliphatic carbocycles. The van der Waals surface area contributed by atoms with E-state index >= 15 is 0 Å². The van der Waals surface area contributed by atoms with Crippen molar-refractivity contribution in [3.05, 3.63) is 60.8 Å². The highest BCUT2D eigenvalue weighted by Crippen LogP contribution is 2.43. The van der Waals surface area contributed by atoms with Gasteiger partial charge in [-0.15, -0.1) is 0 Å². The van der Waals surface area contributed by atoms with Gasteiger partial charge in [0.2, 0.25) is 5.91 Å². The van der Waals surface area contributed by atoms with Crippen LogP contribution in [-0.4, -0.2) is 73.4 Å². The zero-order valence-corrected chi connectivity index (χ0v) is 44.8. The maximum Gasteiger partial charge on any atom is 0.472 e. The number of phosphoric acid groups is 1.